The first kappa shape index (κ1) is 11.6. The number of carbonyl (C=O) groups excluding carboxylic acids is 1. The highest BCUT2D eigenvalue weighted by molar-refractivity contribution is 6.10. The Morgan fingerprint density at radius 1 is 1.29 bits per heavy atom. The first-order valence-corrected chi connectivity index (χ1v) is 5.22. The minimum atomic E-state index is -0.960. The minimum absolute atomic E-state index is 0.188. The lowest BCUT2D eigenvalue weighted by molar-refractivity contribution is -0.153. The van der Waals surface area contributed by atoms with E-state index < -0.39 is 5.60 Å². The Labute approximate surface area is 98.7 Å². The molecule has 0 bridgehead atoms. The SMILES string of the molecule is CN1C(=O)C(C)(C)ON=C1c1ccc(F)cc1. The molecule has 5 heteroatoms. The van der Waals surface area contributed by atoms with Crippen molar-refractivity contribution in [2.45, 2.75) is 19.4 Å². The molecule has 1 aromatic rings. The Hall–Kier alpha value is -1.91. The second-order valence-corrected chi connectivity index (χ2v) is 4.39. The van der Waals surface area contributed by atoms with E-state index in [0.29, 0.717) is 11.4 Å². The van der Waals surface area contributed by atoms with Gasteiger partial charge in [-0.2, -0.15) is 0 Å². The molecular formula is C12H13FN2O2. The first-order valence-electron chi connectivity index (χ1n) is 5.22. The van der Waals surface area contributed by atoms with E-state index in [1.165, 1.54) is 17.0 Å². The summed E-state index contributed by atoms with van der Waals surface area (Å²) in [4.78, 5) is 18.5. The predicted molar refractivity (Wildman–Crippen MR) is 60.9 cm³/mol. The fourth-order valence-corrected chi connectivity index (χ4v) is 1.60. The molecule has 1 aliphatic rings. The van der Waals surface area contributed by atoms with E-state index in [4.69, 9.17) is 4.84 Å². The van der Waals surface area contributed by atoms with Gasteiger partial charge in [-0.1, -0.05) is 5.16 Å². The third-order valence-electron chi connectivity index (χ3n) is 2.60. The number of benzene rings is 1. The van der Waals surface area contributed by atoms with E-state index in [-0.39, 0.29) is 11.7 Å². The molecule has 0 aliphatic carbocycles. The normalized spacial score (nSPS) is 18.7. The van der Waals surface area contributed by atoms with Crippen molar-refractivity contribution < 1.29 is 14.0 Å². The molecule has 0 saturated heterocycles. The highest BCUT2D eigenvalue weighted by Gasteiger charge is 2.39. The average molecular weight is 236 g/mol. The smallest absolute Gasteiger partial charge is 0.274 e. The van der Waals surface area contributed by atoms with Gasteiger partial charge in [0.15, 0.2) is 5.84 Å². The summed E-state index contributed by atoms with van der Waals surface area (Å²) in [6, 6.07) is 5.74. The number of oxime groups is 1. The topological polar surface area (TPSA) is 41.9 Å². The van der Waals surface area contributed by atoms with Crippen LogP contribution in [0.25, 0.3) is 0 Å². The van der Waals surface area contributed by atoms with E-state index in [9.17, 15) is 9.18 Å². The highest BCUT2D eigenvalue weighted by atomic mass is 19.1. The fourth-order valence-electron chi connectivity index (χ4n) is 1.60. The summed E-state index contributed by atoms with van der Waals surface area (Å²) in [5.41, 5.74) is -0.323. The number of amides is 1. The lowest BCUT2D eigenvalue weighted by Crippen LogP contribution is -2.51. The molecule has 1 heterocycles. The molecule has 0 unspecified atom stereocenters. The van der Waals surface area contributed by atoms with Crippen LogP contribution < -0.4 is 0 Å². The maximum Gasteiger partial charge on any atom is 0.274 e. The van der Waals surface area contributed by atoms with Gasteiger partial charge in [-0.15, -0.1) is 0 Å². The quantitative estimate of drug-likeness (QED) is 0.745. The molecule has 0 radical (unpaired) electrons. The number of nitrogens with zero attached hydrogens (tertiary/aromatic N) is 2. The predicted octanol–water partition coefficient (Wildman–Crippen LogP) is 1.75. The molecule has 0 fully saturated rings. The van der Waals surface area contributed by atoms with Crippen LogP contribution in [0, 0.1) is 5.82 Å². The molecular weight excluding hydrogens is 223 g/mol. The van der Waals surface area contributed by atoms with Crippen LogP contribution in [0.2, 0.25) is 0 Å². The summed E-state index contributed by atoms with van der Waals surface area (Å²) in [5, 5.41) is 3.91. The van der Waals surface area contributed by atoms with E-state index in [0.717, 1.165) is 0 Å². The van der Waals surface area contributed by atoms with Gasteiger partial charge in [0, 0.05) is 12.6 Å². The first-order chi connectivity index (χ1) is 7.92. The second-order valence-electron chi connectivity index (χ2n) is 4.39. The van der Waals surface area contributed by atoms with Gasteiger partial charge < -0.3 is 4.84 Å². The van der Waals surface area contributed by atoms with Crippen LogP contribution >= 0.6 is 0 Å². The molecule has 90 valence electrons. The van der Waals surface area contributed by atoms with Crippen LogP contribution in [0.3, 0.4) is 0 Å². The fraction of sp³-hybridized carbons (Fsp3) is 0.333. The summed E-state index contributed by atoms with van der Waals surface area (Å²) in [6.07, 6.45) is 0. The Bertz CT molecular complexity index is 480. The molecule has 0 saturated carbocycles. The van der Waals surface area contributed by atoms with Crippen molar-refractivity contribution in [1.29, 1.82) is 0 Å². The van der Waals surface area contributed by atoms with E-state index >= 15 is 0 Å². The van der Waals surface area contributed by atoms with E-state index in [1.54, 1.807) is 33.0 Å². The number of carbonyl (C=O) groups is 1. The van der Waals surface area contributed by atoms with Gasteiger partial charge in [0.1, 0.15) is 5.82 Å². The van der Waals surface area contributed by atoms with Gasteiger partial charge >= 0.3 is 0 Å². The number of amidine groups is 1. The number of likely N-dealkylation sites (N-methyl/N-ethyl adjacent to an activating group) is 1. The molecule has 1 aromatic carbocycles. The molecule has 0 aromatic heterocycles. The van der Waals surface area contributed by atoms with Crippen LogP contribution in [0.1, 0.15) is 19.4 Å². The molecule has 0 atom stereocenters. The third-order valence-corrected chi connectivity index (χ3v) is 2.60. The van der Waals surface area contributed by atoms with Gasteiger partial charge in [0.2, 0.25) is 5.60 Å². The Morgan fingerprint density at radius 2 is 1.88 bits per heavy atom. The summed E-state index contributed by atoms with van der Waals surface area (Å²) in [7, 11) is 1.62. The molecule has 1 amide bonds. The zero-order valence-corrected chi connectivity index (χ0v) is 9.90. The van der Waals surface area contributed by atoms with Crippen LogP contribution in [-0.2, 0) is 9.63 Å². The number of rotatable bonds is 1. The maximum atomic E-state index is 12.8. The minimum Gasteiger partial charge on any atom is -0.378 e. The van der Waals surface area contributed by atoms with Gasteiger partial charge in [0.05, 0.1) is 0 Å². The highest BCUT2D eigenvalue weighted by Crippen LogP contribution is 2.21. The van der Waals surface area contributed by atoms with Crippen LogP contribution in [0.4, 0.5) is 4.39 Å². The molecule has 2 rings (SSSR count). The summed E-state index contributed by atoms with van der Waals surface area (Å²) >= 11 is 0. The van der Waals surface area contributed by atoms with Crippen molar-refractivity contribution in [3.63, 3.8) is 0 Å². The second kappa shape index (κ2) is 3.84. The Balaban J connectivity index is 2.37. The molecule has 17 heavy (non-hydrogen) atoms. The Kier molecular flexibility index (Phi) is 2.61. The molecule has 4 nitrogen and oxygen atoms in total. The zero-order valence-electron chi connectivity index (χ0n) is 9.90. The van der Waals surface area contributed by atoms with Gasteiger partial charge in [-0.25, -0.2) is 4.39 Å². The number of hydrogen-bond acceptors (Lipinski definition) is 3. The van der Waals surface area contributed by atoms with Crippen molar-refractivity contribution >= 4 is 11.7 Å². The molecule has 1 aliphatic heterocycles. The summed E-state index contributed by atoms with van der Waals surface area (Å²) in [6.45, 7) is 3.30. The monoisotopic (exact) mass is 236 g/mol. The number of hydrogen-bond donors (Lipinski definition) is 0. The van der Waals surface area contributed by atoms with Gasteiger partial charge in [-0.05, 0) is 38.1 Å². The summed E-state index contributed by atoms with van der Waals surface area (Å²) < 4.78 is 12.8. The molecule has 0 spiro atoms. The van der Waals surface area contributed by atoms with Crippen molar-refractivity contribution in [1.82, 2.24) is 4.90 Å². The van der Waals surface area contributed by atoms with Gasteiger partial charge in [0.25, 0.3) is 5.91 Å². The van der Waals surface area contributed by atoms with E-state index in [1.807, 2.05) is 0 Å². The lowest BCUT2D eigenvalue weighted by atomic mass is 10.1. The third kappa shape index (κ3) is 2.00. The van der Waals surface area contributed by atoms with E-state index in [2.05, 4.69) is 5.16 Å². The number of halogens is 1. The summed E-state index contributed by atoms with van der Waals surface area (Å²) in [5.74, 6) is -0.137. The Morgan fingerprint density at radius 3 is 2.47 bits per heavy atom. The zero-order chi connectivity index (χ0) is 12.6. The van der Waals surface area contributed by atoms with Crippen molar-refractivity contribution in [3.8, 4) is 0 Å². The van der Waals surface area contributed by atoms with Crippen molar-refractivity contribution in [2.75, 3.05) is 7.05 Å². The van der Waals surface area contributed by atoms with Crippen LogP contribution in [0.5, 0.6) is 0 Å². The average Bonchev–Trinajstić information content (AvgIpc) is 2.28. The lowest BCUT2D eigenvalue weighted by Gasteiger charge is -2.32. The maximum absolute atomic E-state index is 12.8. The van der Waals surface area contributed by atoms with Crippen molar-refractivity contribution in [3.05, 3.63) is 35.6 Å². The van der Waals surface area contributed by atoms with Crippen LogP contribution in [0.15, 0.2) is 29.4 Å². The van der Waals surface area contributed by atoms with Gasteiger partial charge in [-0.3, -0.25) is 9.69 Å². The molecule has 0 N–H and O–H groups in total. The largest absolute Gasteiger partial charge is 0.378 e. The standard InChI is InChI=1S/C12H13FN2O2/c1-12(2)11(16)15(3)10(14-17-12)8-4-6-9(13)7-5-8/h4-7H,1-3H3. The van der Waals surface area contributed by atoms with Crippen molar-refractivity contribution in [2.24, 2.45) is 5.16 Å². The van der Waals surface area contributed by atoms with Crippen LogP contribution in [-0.4, -0.2) is 29.3 Å².